The molecule has 3 heterocycles. The van der Waals surface area contributed by atoms with Gasteiger partial charge >= 0.3 is 0 Å². The molecule has 2 aromatic heterocycles. The molecule has 0 spiro atoms. The van der Waals surface area contributed by atoms with Gasteiger partial charge < -0.3 is 15.6 Å². The molecular formula is C21H22N6. The maximum absolute atomic E-state index is 4.59. The molecule has 0 bridgehead atoms. The summed E-state index contributed by atoms with van der Waals surface area (Å²) in [6, 6.07) is 10.5. The summed E-state index contributed by atoms with van der Waals surface area (Å²) in [5, 5.41) is 7.90. The predicted octanol–water partition coefficient (Wildman–Crippen LogP) is 4.29. The third-order valence-electron chi connectivity index (χ3n) is 5.19. The van der Waals surface area contributed by atoms with Crippen LogP contribution in [0.15, 0.2) is 59.4 Å². The number of rotatable bonds is 5. The van der Waals surface area contributed by atoms with E-state index in [4.69, 9.17) is 0 Å². The topological polar surface area (TPSA) is 78.0 Å². The number of hydrogen-bond acceptors (Lipinski definition) is 5. The Hall–Kier alpha value is -3.15. The Labute approximate surface area is 157 Å². The van der Waals surface area contributed by atoms with Gasteiger partial charge in [-0.25, -0.2) is 4.98 Å². The smallest absolute Gasteiger partial charge is 0.225 e. The molecule has 1 saturated carbocycles. The summed E-state index contributed by atoms with van der Waals surface area (Å²) in [6.45, 7) is 2.94. The van der Waals surface area contributed by atoms with Crippen molar-refractivity contribution in [2.24, 2.45) is 10.9 Å². The van der Waals surface area contributed by atoms with Crippen molar-refractivity contribution in [1.82, 2.24) is 15.0 Å². The standard InChI is InChI=1S/C21H22N6/c1-13(15-4-5-18-16(10-15)6-8-22-18)25-21-23-9-7-19(27-21)26-20-11-17(12-24-20)14-2-3-14/h4-11,13-14,22H,2-3,12H2,1H3,(H2,23,24,25,26,27)/t13-/m0/s1. The molecule has 1 aliphatic carbocycles. The quantitative estimate of drug-likeness (QED) is 0.636. The molecule has 1 atom stereocenters. The van der Waals surface area contributed by atoms with Crippen LogP contribution in [-0.4, -0.2) is 27.3 Å². The van der Waals surface area contributed by atoms with Crippen LogP contribution in [0.3, 0.4) is 0 Å². The van der Waals surface area contributed by atoms with E-state index in [2.05, 4.69) is 67.8 Å². The summed E-state index contributed by atoms with van der Waals surface area (Å²) >= 11 is 0. The first-order chi connectivity index (χ1) is 13.2. The number of hydrogen-bond donors (Lipinski definition) is 3. The van der Waals surface area contributed by atoms with E-state index in [0.29, 0.717) is 5.95 Å². The van der Waals surface area contributed by atoms with Crippen LogP contribution in [0.2, 0.25) is 0 Å². The summed E-state index contributed by atoms with van der Waals surface area (Å²) < 4.78 is 0. The molecular weight excluding hydrogens is 336 g/mol. The van der Waals surface area contributed by atoms with Gasteiger partial charge in [0, 0.05) is 17.9 Å². The molecule has 6 heteroatoms. The normalized spacial score (nSPS) is 17.5. The van der Waals surface area contributed by atoms with Crippen LogP contribution in [0.1, 0.15) is 31.4 Å². The number of H-pyrrole nitrogens is 1. The van der Waals surface area contributed by atoms with E-state index in [1.807, 2.05) is 12.3 Å². The van der Waals surface area contributed by atoms with Crippen molar-refractivity contribution in [2.75, 3.05) is 17.2 Å². The third-order valence-corrected chi connectivity index (χ3v) is 5.19. The van der Waals surface area contributed by atoms with Crippen LogP contribution in [-0.2, 0) is 0 Å². The molecule has 6 nitrogen and oxygen atoms in total. The lowest BCUT2D eigenvalue weighted by Gasteiger charge is -2.15. The molecule has 27 heavy (non-hydrogen) atoms. The van der Waals surface area contributed by atoms with Gasteiger partial charge in [0.2, 0.25) is 5.95 Å². The van der Waals surface area contributed by atoms with Gasteiger partial charge in [-0.2, -0.15) is 4.98 Å². The molecule has 0 saturated heterocycles. The minimum Gasteiger partial charge on any atom is -0.361 e. The van der Waals surface area contributed by atoms with Crippen molar-refractivity contribution in [3.05, 3.63) is 59.9 Å². The highest BCUT2D eigenvalue weighted by molar-refractivity contribution is 6.05. The zero-order valence-corrected chi connectivity index (χ0v) is 15.2. The van der Waals surface area contributed by atoms with Gasteiger partial charge in [0.15, 0.2) is 0 Å². The van der Waals surface area contributed by atoms with Crippen molar-refractivity contribution in [1.29, 1.82) is 0 Å². The fraction of sp³-hybridized carbons (Fsp3) is 0.286. The molecule has 136 valence electrons. The van der Waals surface area contributed by atoms with Crippen LogP contribution in [0.25, 0.3) is 10.9 Å². The first-order valence-corrected chi connectivity index (χ1v) is 9.43. The van der Waals surface area contributed by atoms with Crippen LogP contribution in [0, 0.1) is 5.92 Å². The number of anilines is 2. The Balaban J connectivity index is 1.28. The van der Waals surface area contributed by atoms with E-state index in [1.165, 1.54) is 29.4 Å². The highest BCUT2D eigenvalue weighted by Gasteiger charge is 2.27. The van der Waals surface area contributed by atoms with Gasteiger partial charge in [-0.1, -0.05) is 6.07 Å². The summed E-state index contributed by atoms with van der Waals surface area (Å²) in [5.41, 5.74) is 3.78. The predicted molar refractivity (Wildman–Crippen MR) is 109 cm³/mol. The summed E-state index contributed by atoms with van der Waals surface area (Å²) in [5.74, 6) is 3.01. The molecule has 2 aliphatic rings. The first kappa shape index (κ1) is 16.1. The minimum absolute atomic E-state index is 0.102. The van der Waals surface area contributed by atoms with Gasteiger partial charge in [-0.3, -0.25) is 4.99 Å². The molecule has 1 fully saturated rings. The second-order valence-corrected chi connectivity index (χ2v) is 7.28. The van der Waals surface area contributed by atoms with E-state index < -0.39 is 0 Å². The van der Waals surface area contributed by atoms with Crippen LogP contribution in [0.4, 0.5) is 11.8 Å². The third kappa shape index (κ3) is 3.43. The summed E-state index contributed by atoms with van der Waals surface area (Å²) in [4.78, 5) is 16.7. The van der Waals surface area contributed by atoms with Gasteiger partial charge in [0.05, 0.1) is 12.6 Å². The Kier molecular flexibility index (Phi) is 3.89. The SMILES string of the molecule is C[C@H](Nc1nccc(NC2=NCC(C3CC3)=C2)n1)c1ccc2[nH]ccc2c1. The molecule has 1 aliphatic heterocycles. The second-order valence-electron chi connectivity index (χ2n) is 7.28. The van der Waals surface area contributed by atoms with E-state index in [1.54, 1.807) is 6.20 Å². The van der Waals surface area contributed by atoms with E-state index in [-0.39, 0.29) is 6.04 Å². The van der Waals surface area contributed by atoms with Crippen molar-refractivity contribution >= 4 is 28.5 Å². The van der Waals surface area contributed by atoms with Crippen LogP contribution < -0.4 is 10.6 Å². The number of fused-ring (bicyclic) bond motifs is 1. The number of amidine groups is 1. The molecule has 0 radical (unpaired) electrons. The molecule has 0 amide bonds. The number of nitrogens with one attached hydrogen (secondary N) is 3. The number of aromatic nitrogens is 3. The van der Waals surface area contributed by atoms with Crippen molar-refractivity contribution in [2.45, 2.75) is 25.8 Å². The van der Waals surface area contributed by atoms with Gasteiger partial charge in [-0.05, 0) is 72.5 Å². The molecule has 3 N–H and O–H groups in total. The highest BCUT2D eigenvalue weighted by Crippen LogP contribution is 2.37. The zero-order valence-electron chi connectivity index (χ0n) is 15.2. The highest BCUT2D eigenvalue weighted by atomic mass is 15.2. The maximum Gasteiger partial charge on any atom is 0.225 e. The van der Waals surface area contributed by atoms with Gasteiger partial charge in [-0.15, -0.1) is 0 Å². The Morgan fingerprint density at radius 1 is 1.19 bits per heavy atom. The van der Waals surface area contributed by atoms with E-state index in [0.717, 1.165) is 29.6 Å². The monoisotopic (exact) mass is 358 g/mol. The average Bonchev–Trinajstić information content (AvgIpc) is 3.23. The number of aliphatic imine (C=N–C) groups is 1. The number of benzene rings is 1. The average molecular weight is 358 g/mol. The molecule has 3 aromatic rings. The number of nitrogens with zero attached hydrogens (tertiary/aromatic N) is 3. The maximum atomic E-state index is 4.59. The minimum atomic E-state index is 0.102. The Morgan fingerprint density at radius 3 is 3.00 bits per heavy atom. The zero-order chi connectivity index (χ0) is 18.2. The molecule has 1 aromatic carbocycles. The largest absolute Gasteiger partial charge is 0.361 e. The fourth-order valence-corrected chi connectivity index (χ4v) is 3.47. The van der Waals surface area contributed by atoms with Crippen LogP contribution in [0.5, 0.6) is 0 Å². The second kappa shape index (κ2) is 6.54. The molecule has 5 rings (SSSR count). The van der Waals surface area contributed by atoms with E-state index in [9.17, 15) is 0 Å². The lowest BCUT2D eigenvalue weighted by atomic mass is 10.1. The summed E-state index contributed by atoms with van der Waals surface area (Å²) in [6.07, 6.45) is 8.51. The number of aromatic amines is 1. The lowest BCUT2D eigenvalue weighted by molar-refractivity contribution is 0.863. The van der Waals surface area contributed by atoms with Crippen LogP contribution >= 0.6 is 0 Å². The first-order valence-electron chi connectivity index (χ1n) is 9.43. The fourth-order valence-electron chi connectivity index (χ4n) is 3.47. The molecule has 0 unspecified atom stereocenters. The lowest BCUT2D eigenvalue weighted by Crippen LogP contribution is -2.12. The van der Waals surface area contributed by atoms with E-state index >= 15 is 0 Å². The van der Waals surface area contributed by atoms with Crippen molar-refractivity contribution < 1.29 is 0 Å². The Bertz CT molecular complexity index is 1040. The summed E-state index contributed by atoms with van der Waals surface area (Å²) in [7, 11) is 0. The van der Waals surface area contributed by atoms with Crippen molar-refractivity contribution in [3.8, 4) is 0 Å². The van der Waals surface area contributed by atoms with Gasteiger partial charge in [0.25, 0.3) is 0 Å². The Morgan fingerprint density at radius 2 is 2.11 bits per heavy atom. The van der Waals surface area contributed by atoms with Crippen molar-refractivity contribution in [3.63, 3.8) is 0 Å². The van der Waals surface area contributed by atoms with Gasteiger partial charge in [0.1, 0.15) is 11.7 Å².